The van der Waals surface area contributed by atoms with E-state index in [1.807, 2.05) is 28.9 Å². The second-order valence-electron chi connectivity index (χ2n) is 6.49. The number of hydrogen-bond donors (Lipinski definition) is 0. The molecule has 0 amide bonds. The Morgan fingerprint density at radius 1 is 1.18 bits per heavy atom. The Kier molecular flexibility index (Phi) is 6.14. The maximum atomic E-state index is 13.2. The van der Waals surface area contributed by atoms with Crippen molar-refractivity contribution in [3.63, 3.8) is 0 Å². The second-order valence-corrected chi connectivity index (χ2v) is 8.25. The van der Waals surface area contributed by atoms with E-state index in [0.717, 1.165) is 45.5 Å². The second kappa shape index (κ2) is 8.94. The van der Waals surface area contributed by atoms with Crippen LogP contribution in [0.2, 0.25) is 0 Å². The van der Waals surface area contributed by atoms with E-state index < -0.39 is 0 Å². The summed E-state index contributed by atoms with van der Waals surface area (Å²) in [6.07, 6.45) is 4.05. The predicted molar refractivity (Wildman–Crippen MR) is 114 cm³/mol. The van der Waals surface area contributed by atoms with E-state index in [1.54, 1.807) is 29.7 Å². The van der Waals surface area contributed by atoms with Gasteiger partial charge in [-0.15, -0.1) is 11.3 Å². The zero-order valence-electron chi connectivity index (χ0n) is 15.1. The number of thiazole rings is 1. The van der Waals surface area contributed by atoms with Crippen molar-refractivity contribution in [3.8, 4) is 11.3 Å². The Hall–Kier alpha value is -2.09. The van der Waals surface area contributed by atoms with Gasteiger partial charge in [0.2, 0.25) is 4.80 Å². The Morgan fingerprint density at radius 3 is 2.68 bits per heavy atom. The highest BCUT2D eigenvalue weighted by atomic mass is 79.9. The van der Waals surface area contributed by atoms with Crippen LogP contribution in [0.5, 0.6) is 0 Å². The van der Waals surface area contributed by atoms with Crippen LogP contribution in [0, 0.1) is 5.82 Å². The van der Waals surface area contributed by atoms with Crippen LogP contribution in [-0.2, 0) is 4.74 Å². The molecule has 1 fully saturated rings. The van der Waals surface area contributed by atoms with Crippen molar-refractivity contribution < 1.29 is 9.13 Å². The van der Waals surface area contributed by atoms with Crippen molar-refractivity contribution >= 4 is 33.5 Å². The van der Waals surface area contributed by atoms with E-state index in [-0.39, 0.29) is 11.9 Å². The molecular formula is C21H19BrFN3OS. The number of hydrogen-bond acceptors (Lipinski definition) is 4. The van der Waals surface area contributed by atoms with Crippen molar-refractivity contribution in [1.29, 1.82) is 0 Å². The third-order valence-corrected chi connectivity index (χ3v) is 5.85. The highest BCUT2D eigenvalue weighted by molar-refractivity contribution is 9.10. The van der Waals surface area contributed by atoms with Crippen LogP contribution in [0.25, 0.3) is 11.3 Å². The molecule has 1 aliphatic heterocycles. The summed E-state index contributed by atoms with van der Waals surface area (Å²) in [5.74, 6) is -0.261. The third kappa shape index (κ3) is 4.66. The van der Waals surface area contributed by atoms with Crippen LogP contribution in [-0.4, -0.2) is 30.1 Å². The molecule has 0 spiro atoms. The first-order valence-electron chi connectivity index (χ1n) is 9.07. The van der Waals surface area contributed by atoms with E-state index in [0.29, 0.717) is 6.54 Å². The molecule has 1 aromatic heterocycles. The number of rotatable bonds is 5. The van der Waals surface area contributed by atoms with Crippen molar-refractivity contribution in [2.75, 3.05) is 13.2 Å². The topological polar surface area (TPSA) is 38.9 Å². The Bertz CT molecular complexity index is 1020. The van der Waals surface area contributed by atoms with Crippen LogP contribution in [0.1, 0.15) is 18.4 Å². The molecule has 2 aromatic carbocycles. The highest BCUT2D eigenvalue weighted by Crippen LogP contribution is 2.22. The zero-order chi connectivity index (χ0) is 19.3. The van der Waals surface area contributed by atoms with Gasteiger partial charge in [0.25, 0.3) is 0 Å². The van der Waals surface area contributed by atoms with Gasteiger partial charge in [0.1, 0.15) is 5.82 Å². The molecule has 0 bridgehead atoms. The average molecular weight is 460 g/mol. The molecule has 7 heteroatoms. The smallest absolute Gasteiger partial charge is 0.206 e. The van der Waals surface area contributed by atoms with Gasteiger partial charge in [0.05, 0.1) is 24.6 Å². The lowest BCUT2D eigenvalue weighted by Gasteiger charge is -2.06. The quantitative estimate of drug-likeness (QED) is 0.490. The monoisotopic (exact) mass is 459 g/mol. The molecule has 1 aliphatic rings. The molecule has 4 nitrogen and oxygen atoms in total. The van der Waals surface area contributed by atoms with Crippen LogP contribution >= 0.6 is 27.3 Å². The summed E-state index contributed by atoms with van der Waals surface area (Å²) in [5, 5.41) is 6.70. The predicted octanol–water partition coefficient (Wildman–Crippen LogP) is 5.08. The maximum Gasteiger partial charge on any atom is 0.206 e. The minimum Gasteiger partial charge on any atom is -0.376 e. The minimum atomic E-state index is -0.261. The van der Waals surface area contributed by atoms with Crippen LogP contribution in [0.15, 0.2) is 68.5 Å². The normalized spacial score (nSPS) is 17.6. The fourth-order valence-corrected chi connectivity index (χ4v) is 4.09. The fraction of sp³-hybridized carbons (Fsp3) is 0.238. The van der Waals surface area contributed by atoms with E-state index in [9.17, 15) is 4.39 Å². The van der Waals surface area contributed by atoms with Gasteiger partial charge in [-0.05, 0) is 42.7 Å². The highest BCUT2D eigenvalue weighted by Gasteiger charge is 2.15. The van der Waals surface area contributed by atoms with Crippen LogP contribution in [0.4, 0.5) is 4.39 Å². The lowest BCUT2D eigenvalue weighted by atomic mass is 10.2. The van der Waals surface area contributed by atoms with Gasteiger partial charge < -0.3 is 4.74 Å². The number of benzene rings is 2. The van der Waals surface area contributed by atoms with Gasteiger partial charge in [-0.3, -0.25) is 4.99 Å². The summed E-state index contributed by atoms with van der Waals surface area (Å²) in [4.78, 5) is 5.56. The first-order valence-corrected chi connectivity index (χ1v) is 10.7. The molecule has 3 aromatic rings. The average Bonchev–Trinajstić information content (AvgIpc) is 3.36. The molecule has 0 saturated carbocycles. The van der Waals surface area contributed by atoms with Gasteiger partial charge >= 0.3 is 0 Å². The number of ether oxygens (including phenoxy) is 1. The molecule has 1 unspecified atom stereocenters. The third-order valence-electron chi connectivity index (χ3n) is 4.47. The largest absolute Gasteiger partial charge is 0.376 e. The molecule has 0 radical (unpaired) electrons. The zero-order valence-corrected chi connectivity index (χ0v) is 17.5. The summed E-state index contributed by atoms with van der Waals surface area (Å²) >= 11 is 5.03. The lowest BCUT2D eigenvalue weighted by Crippen LogP contribution is -2.17. The van der Waals surface area contributed by atoms with Gasteiger partial charge in [-0.2, -0.15) is 5.10 Å². The van der Waals surface area contributed by atoms with Gasteiger partial charge in [-0.1, -0.05) is 40.2 Å². The van der Waals surface area contributed by atoms with Crippen LogP contribution in [0.3, 0.4) is 0 Å². The van der Waals surface area contributed by atoms with Crippen molar-refractivity contribution in [2.24, 2.45) is 10.1 Å². The molecule has 28 heavy (non-hydrogen) atoms. The first-order chi connectivity index (χ1) is 13.7. The summed E-state index contributed by atoms with van der Waals surface area (Å²) < 4.78 is 21.7. The standard InChI is InChI=1S/C21H19BrFN3OS/c22-17-7-5-16(6-8-17)20-14-28-21(24-13-19-2-1-11-27-19)26(20)25-12-15-3-9-18(23)10-4-15/h3-10,12,14,19H,1-2,11,13H2. The van der Waals surface area contributed by atoms with E-state index in [1.165, 1.54) is 12.1 Å². The summed E-state index contributed by atoms with van der Waals surface area (Å²) in [5.41, 5.74) is 2.84. The molecular weight excluding hydrogens is 441 g/mol. The Balaban J connectivity index is 1.70. The maximum absolute atomic E-state index is 13.2. The van der Waals surface area contributed by atoms with Crippen molar-refractivity contribution in [2.45, 2.75) is 18.9 Å². The fourth-order valence-electron chi connectivity index (χ4n) is 2.98. The first kappa shape index (κ1) is 19.2. The minimum absolute atomic E-state index is 0.188. The van der Waals surface area contributed by atoms with Crippen molar-refractivity contribution in [3.05, 3.63) is 74.6 Å². The Labute approximate surface area is 175 Å². The number of aromatic nitrogens is 1. The van der Waals surface area contributed by atoms with Crippen molar-refractivity contribution in [1.82, 2.24) is 4.68 Å². The molecule has 4 rings (SSSR count). The SMILES string of the molecule is Fc1ccc(C=Nn2c(-c3ccc(Br)cc3)csc2=NCC2CCCO2)cc1. The number of nitrogens with zero attached hydrogens (tertiary/aromatic N) is 3. The van der Waals surface area contributed by atoms with Gasteiger partial charge in [0, 0.05) is 22.0 Å². The number of halogens is 2. The van der Waals surface area contributed by atoms with E-state index >= 15 is 0 Å². The van der Waals surface area contributed by atoms with Gasteiger partial charge in [0.15, 0.2) is 0 Å². The molecule has 1 atom stereocenters. The van der Waals surface area contributed by atoms with E-state index in [2.05, 4.69) is 26.4 Å². The molecule has 1 saturated heterocycles. The summed E-state index contributed by atoms with van der Waals surface area (Å²) in [6.45, 7) is 1.45. The summed E-state index contributed by atoms with van der Waals surface area (Å²) in [6, 6.07) is 14.4. The molecule has 2 heterocycles. The molecule has 0 aliphatic carbocycles. The van der Waals surface area contributed by atoms with Crippen LogP contribution < -0.4 is 4.80 Å². The molecule has 144 valence electrons. The van der Waals surface area contributed by atoms with Gasteiger partial charge in [-0.25, -0.2) is 9.07 Å². The molecule has 0 N–H and O–H groups in total. The van der Waals surface area contributed by atoms with E-state index in [4.69, 9.17) is 9.73 Å². The Morgan fingerprint density at radius 2 is 1.96 bits per heavy atom. The lowest BCUT2D eigenvalue weighted by molar-refractivity contribution is 0.117. The summed E-state index contributed by atoms with van der Waals surface area (Å²) in [7, 11) is 0.